The number of para-hydroxylation sites is 1. The van der Waals surface area contributed by atoms with Crippen LogP contribution in [0.4, 0.5) is 10.1 Å². The first-order valence-electron chi connectivity index (χ1n) is 13.2. The van der Waals surface area contributed by atoms with Crippen molar-refractivity contribution in [2.24, 2.45) is 4.99 Å². The molecule has 4 aromatic rings. The van der Waals surface area contributed by atoms with Gasteiger partial charge < -0.3 is 15.4 Å². The van der Waals surface area contributed by atoms with E-state index in [-0.39, 0.29) is 23.4 Å². The van der Waals surface area contributed by atoms with Gasteiger partial charge in [-0.3, -0.25) is 14.3 Å². The molecule has 40 heavy (non-hydrogen) atoms. The summed E-state index contributed by atoms with van der Waals surface area (Å²) in [5.74, 6) is -1.54. The molecule has 0 aliphatic carbocycles. The molecule has 2 aliphatic heterocycles. The maximum absolute atomic E-state index is 14.9. The molecule has 10 nitrogen and oxygen atoms in total. The van der Waals surface area contributed by atoms with Crippen LogP contribution in [0.1, 0.15) is 54.7 Å². The van der Waals surface area contributed by atoms with Gasteiger partial charge in [0, 0.05) is 41.9 Å². The minimum Gasteiger partial charge on any atom is -0.474 e. The van der Waals surface area contributed by atoms with Crippen LogP contribution in [0.3, 0.4) is 0 Å². The number of carbonyl (C=O) groups excluding carboxylic acids is 2. The number of amides is 2. The van der Waals surface area contributed by atoms with Crippen LogP contribution in [0.15, 0.2) is 65.9 Å². The van der Waals surface area contributed by atoms with Crippen molar-refractivity contribution in [3.8, 4) is 17.1 Å². The molecule has 0 saturated heterocycles. The van der Waals surface area contributed by atoms with Crippen LogP contribution in [0.5, 0.6) is 5.88 Å². The van der Waals surface area contributed by atoms with Crippen molar-refractivity contribution in [1.29, 1.82) is 0 Å². The molecular weight excluding hydrogens is 513 g/mol. The minimum absolute atomic E-state index is 0.00807. The van der Waals surface area contributed by atoms with Gasteiger partial charge in [0.15, 0.2) is 0 Å². The highest BCUT2D eigenvalue weighted by Crippen LogP contribution is 2.34. The summed E-state index contributed by atoms with van der Waals surface area (Å²) in [6.45, 7) is 6.50. The van der Waals surface area contributed by atoms with Crippen LogP contribution in [0.2, 0.25) is 0 Å². The van der Waals surface area contributed by atoms with Gasteiger partial charge in [-0.05, 0) is 26.8 Å². The topological polar surface area (TPSA) is 115 Å². The average molecular weight is 542 g/mol. The summed E-state index contributed by atoms with van der Waals surface area (Å²) in [4.78, 5) is 31.9. The first-order valence-corrected chi connectivity index (χ1v) is 13.2. The maximum atomic E-state index is 14.9. The first kappa shape index (κ1) is 25.5. The van der Waals surface area contributed by atoms with E-state index in [1.54, 1.807) is 27.7 Å². The highest BCUT2D eigenvalue weighted by atomic mass is 19.1. The standard InChI is InChI=1S/C29H28FN7O3/c1-16(2)37-15-19(14-31-37)24-22(29-36(35-24)13-12-17(3)40-29)27(38)34-26-28(39)33-25-20(10-7-11-21(25)30)23(32-26)18-8-5-4-6-9-18/h4-11,14-17,26H,12-13H2,1-3H3,(H,33,39)(H,34,38)/t17-,26-/m1/s1. The molecule has 0 fully saturated rings. The number of nitrogens with one attached hydrogen (secondary N) is 2. The van der Waals surface area contributed by atoms with Gasteiger partial charge in [0.05, 0.1) is 23.7 Å². The molecule has 6 rings (SSSR count). The number of nitrogens with zero attached hydrogens (tertiary/aromatic N) is 5. The predicted molar refractivity (Wildman–Crippen MR) is 147 cm³/mol. The Morgan fingerprint density at radius 2 is 1.95 bits per heavy atom. The zero-order valence-electron chi connectivity index (χ0n) is 22.3. The second kappa shape index (κ2) is 10.1. The first-order chi connectivity index (χ1) is 19.3. The molecule has 2 amide bonds. The molecule has 2 aliphatic rings. The summed E-state index contributed by atoms with van der Waals surface area (Å²) in [5.41, 5.74) is 2.69. The number of carbonyl (C=O) groups is 2. The Hall–Kier alpha value is -4.80. The number of hydrogen-bond acceptors (Lipinski definition) is 6. The van der Waals surface area contributed by atoms with E-state index in [0.29, 0.717) is 40.5 Å². The Kier molecular flexibility index (Phi) is 6.41. The number of aromatic nitrogens is 4. The number of ether oxygens (including phenoxy) is 1. The van der Waals surface area contributed by atoms with Crippen molar-refractivity contribution in [3.05, 3.63) is 83.4 Å². The second-order valence-corrected chi connectivity index (χ2v) is 10.1. The van der Waals surface area contributed by atoms with Gasteiger partial charge in [-0.1, -0.05) is 42.5 Å². The number of aliphatic imine (C=N–C) groups is 1. The fourth-order valence-electron chi connectivity index (χ4n) is 4.84. The van der Waals surface area contributed by atoms with Crippen LogP contribution in [-0.2, 0) is 11.3 Å². The highest BCUT2D eigenvalue weighted by molar-refractivity contribution is 6.20. The number of benzene rings is 2. The molecule has 2 aromatic heterocycles. The Labute approximate surface area is 229 Å². The van der Waals surface area contributed by atoms with Crippen LogP contribution < -0.4 is 15.4 Å². The van der Waals surface area contributed by atoms with E-state index >= 15 is 0 Å². The molecule has 0 radical (unpaired) electrons. The normalized spacial score (nSPS) is 18.2. The van der Waals surface area contributed by atoms with Gasteiger partial charge in [-0.15, -0.1) is 0 Å². The van der Waals surface area contributed by atoms with Crippen molar-refractivity contribution in [3.63, 3.8) is 0 Å². The lowest BCUT2D eigenvalue weighted by atomic mass is 10.0. The Balaban J connectivity index is 1.42. The van der Waals surface area contributed by atoms with Crippen LogP contribution >= 0.6 is 0 Å². The van der Waals surface area contributed by atoms with Gasteiger partial charge in [0.2, 0.25) is 12.0 Å². The van der Waals surface area contributed by atoms with E-state index in [2.05, 4.69) is 25.8 Å². The third-order valence-electron chi connectivity index (χ3n) is 6.94. The molecule has 204 valence electrons. The number of halogens is 1. The van der Waals surface area contributed by atoms with E-state index in [1.165, 1.54) is 6.07 Å². The SMILES string of the molecule is CC(C)n1cc(-c2nn3c(c2C(=O)N[C@H]2N=C(c4ccccc4)c4cccc(F)c4NC2=O)O[C@H](C)CC3)cn1. The van der Waals surface area contributed by atoms with Crippen molar-refractivity contribution >= 4 is 23.2 Å². The maximum Gasteiger partial charge on any atom is 0.269 e. The molecule has 0 unspecified atom stereocenters. The molecule has 4 heterocycles. The number of anilines is 1. The summed E-state index contributed by atoms with van der Waals surface area (Å²) in [6.07, 6.45) is 2.74. The monoisotopic (exact) mass is 541 g/mol. The molecular formula is C29H28FN7O3. The summed E-state index contributed by atoms with van der Waals surface area (Å²) >= 11 is 0. The third-order valence-corrected chi connectivity index (χ3v) is 6.94. The average Bonchev–Trinajstić information content (AvgIpc) is 3.54. The van der Waals surface area contributed by atoms with Gasteiger partial charge in [-0.25, -0.2) is 14.1 Å². The number of benzodiazepines with no additional fused rings is 1. The minimum atomic E-state index is -1.35. The highest BCUT2D eigenvalue weighted by Gasteiger charge is 2.34. The van der Waals surface area contributed by atoms with Crippen molar-refractivity contribution in [2.75, 3.05) is 5.32 Å². The lowest BCUT2D eigenvalue weighted by Crippen LogP contribution is -2.42. The molecule has 2 N–H and O–H groups in total. The molecule has 0 bridgehead atoms. The van der Waals surface area contributed by atoms with Crippen molar-refractivity contribution in [2.45, 2.75) is 52.0 Å². The van der Waals surface area contributed by atoms with E-state index < -0.39 is 23.8 Å². The smallest absolute Gasteiger partial charge is 0.269 e. The fourth-order valence-corrected chi connectivity index (χ4v) is 4.84. The quantitative estimate of drug-likeness (QED) is 0.393. The summed E-state index contributed by atoms with van der Waals surface area (Å²) < 4.78 is 24.4. The van der Waals surface area contributed by atoms with Crippen molar-refractivity contribution < 1.29 is 18.7 Å². The van der Waals surface area contributed by atoms with E-state index in [9.17, 15) is 14.0 Å². The Morgan fingerprint density at radius 1 is 1.15 bits per heavy atom. The molecule has 0 spiro atoms. The Morgan fingerprint density at radius 3 is 2.70 bits per heavy atom. The lowest BCUT2D eigenvalue weighted by Gasteiger charge is -2.22. The lowest BCUT2D eigenvalue weighted by molar-refractivity contribution is -0.117. The van der Waals surface area contributed by atoms with Gasteiger partial charge in [0.1, 0.15) is 17.1 Å². The molecule has 2 atom stereocenters. The van der Waals surface area contributed by atoms with Crippen molar-refractivity contribution in [1.82, 2.24) is 24.9 Å². The predicted octanol–water partition coefficient (Wildman–Crippen LogP) is 4.18. The van der Waals surface area contributed by atoms with E-state index in [0.717, 1.165) is 6.42 Å². The summed E-state index contributed by atoms with van der Waals surface area (Å²) in [5, 5.41) is 14.4. The number of hydrogen-bond donors (Lipinski definition) is 2. The van der Waals surface area contributed by atoms with E-state index in [1.807, 2.05) is 57.3 Å². The molecule has 0 saturated carbocycles. The van der Waals surface area contributed by atoms with Crippen LogP contribution in [0, 0.1) is 5.82 Å². The van der Waals surface area contributed by atoms with Crippen LogP contribution in [0.25, 0.3) is 11.3 Å². The van der Waals surface area contributed by atoms with Gasteiger partial charge in [0.25, 0.3) is 11.8 Å². The summed E-state index contributed by atoms with van der Waals surface area (Å²) in [7, 11) is 0. The number of fused-ring (bicyclic) bond motifs is 2. The number of rotatable bonds is 5. The summed E-state index contributed by atoms with van der Waals surface area (Å²) in [6, 6.07) is 13.7. The molecule has 2 aromatic carbocycles. The van der Waals surface area contributed by atoms with E-state index in [4.69, 9.17) is 4.74 Å². The Bertz CT molecular complexity index is 1640. The fraction of sp³-hybridized carbons (Fsp3) is 0.276. The molecule has 11 heteroatoms. The zero-order valence-corrected chi connectivity index (χ0v) is 22.3. The van der Waals surface area contributed by atoms with Gasteiger partial charge in [-0.2, -0.15) is 10.2 Å². The van der Waals surface area contributed by atoms with Crippen LogP contribution in [-0.4, -0.2) is 49.4 Å². The number of aryl methyl sites for hydroxylation is 1. The zero-order chi connectivity index (χ0) is 28.0. The van der Waals surface area contributed by atoms with Gasteiger partial charge >= 0.3 is 0 Å². The largest absolute Gasteiger partial charge is 0.474 e. The second-order valence-electron chi connectivity index (χ2n) is 10.1. The third kappa shape index (κ3) is 4.53.